The zero-order valence-electron chi connectivity index (χ0n) is 14.9. The highest BCUT2D eigenvalue weighted by atomic mass is 16.5. The number of carbonyl (C=O) groups is 2. The number of hydrogen-bond acceptors (Lipinski definition) is 4. The maximum atomic E-state index is 12.3. The van der Waals surface area contributed by atoms with E-state index in [0.29, 0.717) is 0 Å². The van der Waals surface area contributed by atoms with Crippen molar-refractivity contribution in [3.05, 3.63) is 48.0 Å². The van der Waals surface area contributed by atoms with Crippen LogP contribution in [0.15, 0.2) is 42.5 Å². The van der Waals surface area contributed by atoms with Crippen LogP contribution in [0.1, 0.15) is 37.8 Å². The van der Waals surface area contributed by atoms with E-state index in [1.807, 2.05) is 43.3 Å². The Morgan fingerprint density at radius 3 is 2.62 bits per heavy atom. The molecule has 2 amide bonds. The van der Waals surface area contributed by atoms with Crippen LogP contribution < -0.4 is 10.6 Å². The van der Waals surface area contributed by atoms with Crippen LogP contribution >= 0.6 is 0 Å². The number of nitrogens with one attached hydrogen (secondary N) is 2. The molecule has 1 aromatic carbocycles. The smallest absolute Gasteiger partial charge is 0.223 e. The molecule has 1 aliphatic carbocycles. The van der Waals surface area contributed by atoms with Crippen molar-refractivity contribution in [3.8, 4) is 0 Å². The normalized spacial score (nSPS) is 26.2. The van der Waals surface area contributed by atoms with Gasteiger partial charge in [-0.3, -0.25) is 9.59 Å². The molecular weight excluding hydrogens is 332 g/mol. The molecule has 1 aliphatic heterocycles. The maximum Gasteiger partial charge on any atom is 0.223 e. The van der Waals surface area contributed by atoms with Crippen LogP contribution in [0.2, 0.25) is 0 Å². The van der Waals surface area contributed by atoms with Gasteiger partial charge in [0, 0.05) is 5.92 Å². The molecule has 2 aliphatic rings. The molecule has 0 spiro atoms. The van der Waals surface area contributed by atoms with Gasteiger partial charge < -0.3 is 20.5 Å². The summed E-state index contributed by atoms with van der Waals surface area (Å²) in [5.41, 5.74) is 1.04. The van der Waals surface area contributed by atoms with Crippen molar-refractivity contribution in [3.63, 3.8) is 0 Å². The van der Waals surface area contributed by atoms with E-state index in [4.69, 9.17) is 4.74 Å². The van der Waals surface area contributed by atoms with Crippen molar-refractivity contribution in [2.24, 2.45) is 5.92 Å². The van der Waals surface area contributed by atoms with Crippen molar-refractivity contribution in [1.29, 1.82) is 0 Å². The summed E-state index contributed by atoms with van der Waals surface area (Å²) < 4.78 is 5.79. The average molecular weight is 358 g/mol. The minimum absolute atomic E-state index is 0.00887. The summed E-state index contributed by atoms with van der Waals surface area (Å²) in [6, 6.07) is 9.31. The van der Waals surface area contributed by atoms with Crippen LogP contribution in [0.3, 0.4) is 0 Å². The van der Waals surface area contributed by atoms with Crippen LogP contribution in [-0.2, 0) is 14.3 Å². The number of ether oxygens (including phenoxy) is 1. The molecule has 4 atom stereocenters. The maximum absolute atomic E-state index is 12.3. The monoisotopic (exact) mass is 358 g/mol. The van der Waals surface area contributed by atoms with Gasteiger partial charge in [0.25, 0.3) is 0 Å². The van der Waals surface area contributed by atoms with Crippen LogP contribution in [0.4, 0.5) is 0 Å². The lowest BCUT2D eigenvalue weighted by Gasteiger charge is -2.32. The van der Waals surface area contributed by atoms with Gasteiger partial charge in [0.15, 0.2) is 0 Å². The molecular formula is C20H26N2O4. The largest absolute Gasteiger partial charge is 0.394 e. The fourth-order valence-electron chi connectivity index (χ4n) is 3.07. The molecule has 0 radical (unpaired) electrons. The number of hydrogen-bond donors (Lipinski definition) is 3. The molecule has 0 bridgehead atoms. The molecule has 0 unspecified atom stereocenters. The predicted molar refractivity (Wildman–Crippen MR) is 97.2 cm³/mol. The zero-order valence-corrected chi connectivity index (χ0v) is 14.9. The van der Waals surface area contributed by atoms with Gasteiger partial charge >= 0.3 is 0 Å². The highest BCUT2D eigenvalue weighted by molar-refractivity contribution is 5.81. The summed E-state index contributed by atoms with van der Waals surface area (Å²) in [5.74, 6) is -0.00606. The third-order valence-corrected chi connectivity index (χ3v) is 4.78. The number of aliphatic hydroxyl groups is 1. The summed E-state index contributed by atoms with van der Waals surface area (Å²) in [6.45, 7) is 1.73. The van der Waals surface area contributed by atoms with Gasteiger partial charge in [0.05, 0.1) is 31.2 Å². The van der Waals surface area contributed by atoms with Crippen molar-refractivity contribution in [1.82, 2.24) is 10.6 Å². The van der Waals surface area contributed by atoms with Gasteiger partial charge in [0.1, 0.15) is 6.10 Å². The van der Waals surface area contributed by atoms with E-state index in [9.17, 15) is 14.7 Å². The molecule has 6 heteroatoms. The quantitative estimate of drug-likeness (QED) is 0.644. The van der Waals surface area contributed by atoms with E-state index in [0.717, 1.165) is 18.4 Å². The van der Waals surface area contributed by atoms with Crippen molar-refractivity contribution in [2.45, 2.75) is 50.5 Å². The first-order chi connectivity index (χ1) is 12.6. The summed E-state index contributed by atoms with van der Waals surface area (Å²) >= 11 is 0. The van der Waals surface area contributed by atoms with Gasteiger partial charge in [-0.2, -0.15) is 0 Å². The van der Waals surface area contributed by atoms with Gasteiger partial charge in [-0.05, 0) is 25.3 Å². The molecule has 1 aromatic rings. The second-order valence-electron chi connectivity index (χ2n) is 6.99. The summed E-state index contributed by atoms with van der Waals surface area (Å²) in [5, 5.41) is 15.4. The molecule has 1 fully saturated rings. The zero-order chi connectivity index (χ0) is 18.5. The van der Waals surface area contributed by atoms with Crippen LogP contribution in [0.25, 0.3) is 0 Å². The molecule has 0 aromatic heterocycles. The highest BCUT2D eigenvalue weighted by Gasteiger charge is 2.34. The van der Waals surface area contributed by atoms with E-state index >= 15 is 0 Å². The fraction of sp³-hybridized carbons (Fsp3) is 0.500. The average Bonchev–Trinajstić information content (AvgIpc) is 3.48. The molecule has 1 saturated carbocycles. The Morgan fingerprint density at radius 2 is 1.96 bits per heavy atom. The van der Waals surface area contributed by atoms with E-state index in [1.165, 1.54) is 0 Å². The Bertz CT molecular complexity index is 657. The van der Waals surface area contributed by atoms with Gasteiger partial charge in [-0.25, -0.2) is 0 Å². The number of rotatable bonds is 7. The van der Waals surface area contributed by atoms with Crippen molar-refractivity contribution >= 4 is 11.8 Å². The second kappa shape index (κ2) is 8.47. The third kappa shape index (κ3) is 4.93. The first kappa shape index (κ1) is 18.6. The first-order valence-corrected chi connectivity index (χ1v) is 9.16. The SMILES string of the molecule is C[C@H](NC(=O)C[C@H]1C=C[C@H](NC(=O)C2CC2)[C@H](CO)O1)c1ccccc1. The van der Waals surface area contributed by atoms with Crippen molar-refractivity contribution < 1.29 is 19.4 Å². The topological polar surface area (TPSA) is 87.7 Å². The first-order valence-electron chi connectivity index (χ1n) is 9.16. The minimum Gasteiger partial charge on any atom is -0.394 e. The lowest BCUT2D eigenvalue weighted by molar-refractivity contribution is -0.129. The molecule has 3 N–H and O–H groups in total. The van der Waals surface area contributed by atoms with Crippen molar-refractivity contribution in [2.75, 3.05) is 6.61 Å². The third-order valence-electron chi connectivity index (χ3n) is 4.78. The fourth-order valence-corrected chi connectivity index (χ4v) is 3.07. The van der Waals surface area contributed by atoms with Gasteiger partial charge in [-0.15, -0.1) is 0 Å². The van der Waals surface area contributed by atoms with E-state index < -0.39 is 12.2 Å². The van der Waals surface area contributed by atoms with Crippen LogP contribution in [0.5, 0.6) is 0 Å². The summed E-state index contributed by atoms with van der Waals surface area (Å²) in [7, 11) is 0. The molecule has 6 nitrogen and oxygen atoms in total. The Kier molecular flexibility index (Phi) is 6.06. The molecule has 26 heavy (non-hydrogen) atoms. The van der Waals surface area contributed by atoms with E-state index in [1.54, 1.807) is 6.08 Å². The standard InChI is InChI=1S/C20H26N2O4/c1-13(14-5-3-2-4-6-14)21-19(24)11-16-9-10-17(18(12-23)26-16)22-20(25)15-7-8-15/h2-6,9-10,13,15-18,23H,7-8,11-12H2,1H3,(H,21,24)(H,22,25)/t13-,16+,17-,18-/m0/s1. The Labute approximate surface area is 153 Å². The molecule has 3 rings (SSSR count). The minimum atomic E-state index is -0.535. The predicted octanol–water partition coefficient (Wildman–Crippen LogP) is 1.46. The lowest BCUT2D eigenvalue weighted by atomic mass is 10.0. The van der Waals surface area contributed by atoms with Crippen LogP contribution in [-0.4, -0.2) is 41.8 Å². The second-order valence-corrected chi connectivity index (χ2v) is 6.99. The van der Waals surface area contributed by atoms with Crippen LogP contribution in [0, 0.1) is 5.92 Å². The molecule has 0 saturated heterocycles. The number of aliphatic hydroxyl groups excluding tert-OH is 1. The Balaban J connectivity index is 1.51. The summed E-state index contributed by atoms with van der Waals surface area (Å²) in [4.78, 5) is 24.2. The number of carbonyl (C=O) groups excluding carboxylic acids is 2. The lowest BCUT2D eigenvalue weighted by Crippen LogP contribution is -2.49. The van der Waals surface area contributed by atoms with Gasteiger partial charge in [-0.1, -0.05) is 42.5 Å². The number of amides is 2. The van der Waals surface area contributed by atoms with E-state index in [2.05, 4.69) is 10.6 Å². The highest BCUT2D eigenvalue weighted by Crippen LogP contribution is 2.29. The van der Waals surface area contributed by atoms with Gasteiger partial charge in [0.2, 0.25) is 11.8 Å². The molecule has 140 valence electrons. The molecule has 1 heterocycles. The Morgan fingerprint density at radius 1 is 1.23 bits per heavy atom. The van der Waals surface area contributed by atoms with E-state index in [-0.39, 0.29) is 42.8 Å². The Hall–Kier alpha value is -2.18. The number of benzene rings is 1. The summed E-state index contributed by atoms with van der Waals surface area (Å²) in [6.07, 6.45) is 4.69.